The maximum Gasteiger partial charge on any atom is 0.389 e. The highest BCUT2D eigenvalue weighted by Crippen LogP contribution is 2.23. The van der Waals surface area contributed by atoms with Crippen LogP contribution in [0.15, 0.2) is 0 Å². The minimum Gasteiger partial charge on any atom is -0.374 e. The molecule has 3 atom stereocenters. The van der Waals surface area contributed by atoms with Gasteiger partial charge in [-0.25, -0.2) is 0 Å². The van der Waals surface area contributed by atoms with E-state index in [4.69, 9.17) is 4.74 Å². The fourth-order valence-corrected chi connectivity index (χ4v) is 3.05. The molecule has 0 amide bonds. The Balaban J connectivity index is 1.58. The van der Waals surface area contributed by atoms with Gasteiger partial charge in [-0.05, 0) is 39.2 Å². The van der Waals surface area contributed by atoms with Crippen molar-refractivity contribution in [3.63, 3.8) is 0 Å². The van der Waals surface area contributed by atoms with Crippen LogP contribution in [0.25, 0.3) is 0 Å². The molecule has 2 aliphatic heterocycles. The van der Waals surface area contributed by atoms with Crippen molar-refractivity contribution < 1.29 is 17.9 Å². The number of fused-ring (bicyclic) bond motifs is 1. The third-order valence-corrected chi connectivity index (χ3v) is 4.25. The van der Waals surface area contributed by atoms with Crippen molar-refractivity contribution in [2.24, 2.45) is 0 Å². The van der Waals surface area contributed by atoms with Crippen LogP contribution < -0.4 is 5.32 Å². The topological polar surface area (TPSA) is 24.5 Å². The molecule has 2 aliphatic rings. The van der Waals surface area contributed by atoms with Gasteiger partial charge in [0.25, 0.3) is 0 Å². The van der Waals surface area contributed by atoms with Gasteiger partial charge in [-0.3, -0.25) is 4.90 Å². The minimum atomic E-state index is -4.03. The summed E-state index contributed by atoms with van der Waals surface area (Å²) in [5, 5.41) is 3.30. The van der Waals surface area contributed by atoms with E-state index in [-0.39, 0.29) is 18.6 Å². The van der Waals surface area contributed by atoms with Crippen LogP contribution in [0.1, 0.15) is 39.0 Å². The van der Waals surface area contributed by atoms with Crippen molar-refractivity contribution >= 4 is 0 Å². The molecular formula is C14H25F3N2O. The molecule has 0 radical (unpaired) electrons. The SMILES string of the molecule is CC(CCCC(F)(F)F)NCC1CN2CCCC2CO1. The first-order chi connectivity index (χ1) is 9.44. The highest BCUT2D eigenvalue weighted by atomic mass is 19.4. The summed E-state index contributed by atoms with van der Waals surface area (Å²) in [6.45, 7) is 5.58. The number of morpholine rings is 1. The molecule has 118 valence electrons. The number of alkyl halides is 3. The van der Waals surface area contributed by atoms with Crippen LogP contribution in [-0.4, -0.2) is 55.5 Å². The predicted octanol–water partition coefficient (Wildman–Crippen LogP) is 2.56. The zero-order chi connectivity index (χ0) is 14.6. The van der Waals surface area contributed by atoms with Gasteiger partial charge in [-0.2, -0.15) is 13.2 Å². The summed E-state index contributed by atoms with van der Waals surface area (Å²) in [5.74, 6) is 0. The maximum absolute atomic E-state index is 12.1. The maximum atomic E-state index is 12.1. The second kappa shape index (κ2) is 7.09. The van der Waals surface area contributed by atoms with Crippen LogP contribution in [-0.2, 0) is 4.74 Å². The first kappa shape index (κ1) is 16.0. The van der Waals surface area contributed by atoms with Crippen molar-refractivity contribution in [3.05, 3.63) is 0 Å². The van der Waals surface area contributed by atoms with Gasteiger partial charge in [-0.15, -0.1) is 0 Å². The van der Waals surface area contributed by atoms with Gasteiger partial charge in [0.1, 0.15) is 0 Å². The molecule has 20 heavy (non-hydrogen) atoms. The molecule has 0 aromatic heterocycles. The highest BCUT2D eigenvalue weighted by Gasteiger charge is 2.32. The fourth-order valence-electron chi connectivity index (χ4n) is 3.05. The number of ether oxygens (including phenoxy) is 1. The van der Waals surface area contributed by atoms with Crippen LogP contribution in [0.5, 0.6) is 0 Å². The fraction of sp³-hybridized carbons (Fsp3) is 1.00. The Hall–Kier alpha value is -0.330. The van der Waals surface area contributed by atoms with E-state index in [1.54, 1.807) is 0 Å². The quantitative estimate of drug-likeness (QED) is 0.815. The summed E-state index contributed by atoms with van der Waals surface area (Å²) < 4.78 is 42.0. The van der Waals surface area contributed by atoms with Gasteiger partial charge in [-0.1, -0.05) is 0 Å². The van der Waals surface area contributed by atoms with E-state index in [0.29, 0.717) is 12.5 Å². The lowest BCUT2D eigenvalue weighted by Crippen LogP contribution is -2.50. The van der Waals surface area contributed by atoms with Crippen molar-refractivity contribution in [2.75, 3.05) is 26.2 Å². The standard InChI is InChI=1S/C14H25F3N2O/c1-11(4-2-6-14(15,16)17)18-8-13-9-19-7-3-5-12(19)10-20-13/h11-13,18H,2-10H2,1H3. The Labute approximate surface area is 118 Å². The smallest absolute Gasteiger partial charge is 0.374 e. The lowest BCUT2D eigenvalue weighted by Gasteiger charge is -2.35. The molecule has 3 nitrogen and oxygen atoms in total. The van der Waals surface area contributed by atoms with E-state index in [1.165, 1.54) is 12.8 Å². The first-order valence-electron chi connectivity index (χ1n) is 7.60. The van der Waals surface area contributed by atoms with E-state index in [1.807, 2.05) is 6.92 Å². The van der Waals surface area contributed by atoms with Crippen LogP contribution in [0, 0.1) is 0 Å². The Morgan fingerprint density at radius 1 is 1.40 bits per heavy atom. The Morgan fingerprint density at radius 3 is 2.95 bits per heavy atom. The molecule has 6 heteroatoms. The van der Waals surface area contributed by atoms with Crippen LogP contribution in [0.2, 0.25) is 0 Å². The molecule has 0 aromatic carbocycles. The Bertz CT molecular complexity index is 299. The third-order valence-electron chi connectivity index (χ3n) is 4.25. The van der Waals surface area contributed by atoms with E-state index in [2.05, 4.69) is 10.2 Å². The number of hydrogen-bond donors (Lipinski definition) is 1. The van der Waals surface area contributed by atoms with Gasteiger partial charge in [0, 0.05) is 31.6 Å². The van der Waals surface area contributed by atoms with Crippen molar-refractivity contribution in [1.82, 2.24) is 10.2 Å². The zero-order valence-corrected chi connectivity index (χ0v) is 12.1. The van der Waals surface area contributed by atoms with E-state index >= 15 is 0 Å². The molecular weight excluding hydrogens is 269 g/mol. The summed E-state index contributed by atoms with van der Waals surface area (Å²) in [6.07, 6.45) is -1.31. The number of halogens is 3. The summed E-state index contributed by atoms with van der Waals surface area (Å²) in [4.78, 5) is 2.48. The lowest BCUT2D eigenvalue weighted by molar-refractivity contribution is -0.135. The summed E-state index contributed by atoms with van der Waals surface area (Å²) in [5.41, 5.74) is 0. The van der Waals surface area contributed by atoms with E-state index in [9.17, 15) is 13.2 Å². The van der Waals surface area contributed by atoms with Gasteiger partial charge >= 0.3 is 6.18 Å². The van der Waals surface area contributed by atoms with Gasteiger partial charge in [0.05, 0.1) is 12.7 Å². The normalized spacial score (nSPS) is 29.4. The van der Waals surface area contributed by atoms with Crippen LogP contribution in [0.3, 0.4) is 0 Å². The molecule has 1 N–H and O–H groups in total. The van der Waals surface area contributed by atoms with Crippen molar-refractivity contribution in [2.45, 2.75) is 63.4 Å². The molecule has 2 rings (SSSR count). The Kier molecular flexibility index (Phi) is 5.69. The molecule has 0 bridgehead atoms. The van der Waals surface area contributed by atoms with Crippen LogP contribution in [0.4, 0.5) is 13.2 Å². The molecule has 0 aliphatic carbocycles. The second-order valence-corrected chi connectivity index (χ2v) is 6.06. The lowest BCUT2D eigenvalue weighted by atomic mass is 10.1. The Morgan fingerprint density at radius 2 is 2.20 bits per heavy atom. The van der Waals surface area contributed by atoms with E-state index < -0.39 is 12.6 Å². The molecule has 2 fully saturated rings. The second-order valence-electron chi connectivity index (χ2n) is 6.06. The summed E-state index contributed by atoms with van der Waals surface area (Å²) >= 11 is 0. The van der Waals surface area contributed by atoms with Gasteiger partial charge in [0.15, 0.2) is 0 Å². The monoisotopic (exact) mass is 294 g/mol. The van der Waals surface area contributed by atoms with Crippen molar-refractivity contribution in [3.8, 4) is 0 Å². The average Bonchev–Trinajstić information content (AvgIpc) is 2.82. The predicted molar refractivity (Wildman–Crippen MR) is 71.7 cm³/mol. The molecule has 3 unspecified atom stereocenters. The number of nitrogens with zero attached hydrogens (tertiary/aromatic N) is 1. The minimum absolute atomic E-state index is 0.109. The number of rotatable bonds is 6. The average molecular weight is 294 g/mol. The van der Waals surface area contributed by atoms with Gasteiger partial charge < -0.3 is 10.1 Å². The van der Waals surface area contributed by atoms with Gasteiger partial charge in [0.2, 0.25) is 0 Å². The first-order valence-corrected chi connectivity index (χ1v) is 7.60. The molecule has 0 spiro atoms. The highest BCUT2D eigenvalue weighted by molar-refractivity contribution is 4.86. The molecule has 0 aromatic rings. The third kappa shape index (κ3) is 5.22. The molecule has 2 heterocycles. The van der Waals surface area contributed by atoms with E-state index in [0.717, 1.165) is 26.2 Å². The summed E-state index contributed by atoms with van der Waals surface area (Å²) in [7, 11) is 0. The van der Waals surface area contributed by atoms with Crippen LogP contribution >= 0.6 is 0 Å². The largest absolute Gasteiger partial charge is 0.389 e. The number of nitrogens with one attached hydrogen (secondary N) is 1. The zero-order valence-electron chi connectivity index (χ0n) is 12.1. The molecule has 2 saturated heterocycles. The summed E-state index contributed by atoms with van der Waals surface area (Å²) in [6, 6.07) is 0.702. The number of hydrogen-bond acceptors (Lipinski definition) is 3. The molecule has 0 saturated carbocycles. The van der Waals surface area contributed by atoms with Crippen molar-refractivity contribution in [1.29, 1.82) is 0 Å².